The smallest absolute Gasteiger partial charge is 0.332 e. The number of benzene rings is 1. The first-order valence-electron chi connectivity index (χ1n) is 8.07. The summed E-state index contributed by atoms with van der Waals surface area (Å²) in [5, 5.41) is 5.92. The fourth-order valence-corrected chi connectivity index (χ4v) is 2.73. The van der Waals surface area contributed by atoms with Crippen molar-refractivity contribution in [3.63, 3.8) is 0 Å². The van der Waals surface area contributed by atoms with Crippen molar-refractivity contribution in [2.75, 3.05) is 0 Å². The van der Waals surface area contributed by atoms with Gasteiger partial charge in [0, 0.05) is 12.4 Å². The van der Waals surface area contributed by atoms with Gasteiger partial charge in [-0.05, 0) is 36.8 Å². The van der Waals surface area contributed by atoms with Crippen LogP contribution in [0.4, 0.5) is 18.0 Å². The van der Waals surface area contributed by atoms with Gasteiger partial charge in [0.25, 0.3) is 0 Å². The molecule has 9 heteroatoms. The van der Waals surface area contributed by atoms with Gasteiger partial charge in [-0.1, -0.05) is 23.7 Å². The first-order chi connectivity index (χ1) is 12.7. The summed E-state index contributed by atoms with van der Waals surface area (Å²) in [7, 11) is 0. The highest BCUT2D eigenvalue weighted by Crippen LogP contribution is 2.29. The number of nitrogens with one attached hydrogen (secondary N) is 2. The average molecular weight is 397 g/mol. The van der Waals surface area contributed by atoms with E-state index in [4.69, 9.17) is 11.6 Å². The topological polar surface area (TPSA) is 58.4 Å². The molecule has 0 aliphatic carbocycles. The molecule has 2 N–H and O–H groups in total. The van der Waals surface area contributed by atoms with E-state index in [-0.39, 0.29) is 6.54 Å². The summed E-state index contributed by atoms with van der Waals surface area (Å²) < 4.78 is 39.5. The molecule has 0 bridgehead atoms. The predicted octanol–water partition coefficient (Wildman–Crippen LogP) is 4.57. The van der Waals surface area contributed by atoms with Crippen molar-refractivity contribution in [3.8, 4) is 0 Å². The fraction of sp³-hybridized carbons (Fsp3) is 0.222. The lowest BCUT2D eigenvalue weighted by Gasteiger charge is -2.15. The van der Waals surface area contributed by atoms with Gasteiger partial charge in [0.2, 0.25) is 0 Å². The Bertz CT molecular complexity index is 953. The van der Waals surface area contributed by atoms with Crippen molar-refractivity contribution in [2.45, 2.75) is 25.7 Å². The van der Waals surface area contributed by atoms with E-state index in [2.05, 4.69) is 15.6 Å². The molecule has 1 unspecified atom stereocenters. The second kappa shape index (κ2) is 7.48. The Morgan fingerprint density at radius 2 is 1.89 bits per heavy atom. The lowest BCUT2D eigenvalue weighted by atomic mass is 10.1. The standard InChI is InChI=1S/C18H16ClF3N4O/c1-11(12-2-4-13(5-3-12)18(20,21)22)24-17(27)23-8-15-10-26-9-14(19)6-7-16(26)25-15/h2-7,9-11H,8H2,1H3,(H2,23,24,27). The number of imidazole rings is 1. The van der Waals surface area contributed by atoms with Crippen LogP contribution in [0.5, 0.6) is 0 Å². The monoisotopic (exact) mass is 396 g/mol. The molecule has 0 spiro atoms. The SMILES string of the molecule is CC(NC(=O)NCc1cn2cc(Cl)ccc2n1)c1ccc(C(F)(F)F)cc1. The molecule has 2 heterocycles. The molecule has 142 valence electrons. The molecule has 3 rings (SSSR count). The Morgan fingerprint density at radius 3 is 2.56 bits per heavy atom. The first-order valence-corrected chi connectivity index (χ1v) is 8.45. The molecule has 0 aliphatic rings. The van der Waals surface area contributed by atoms with E-state index in [1.165, 1.54) is 12.1 Å². The van der Waals surface area contributed by atoms with Crippen LogP contribution in [0.1, 0.15) is 29.8 Å². The van der Waals surface area contributed by atoms with Crippen LogP contribution in [0, 0.1) is 0 Å². The quantitative estimate of drug-likeness (QED) is 0.678. The van der Waals surface area contributed by atoms with Crippen molar-refractivity contribution in [3.05, 3.63) is 70.6 Å². The van der Waals surface area contributed by atoms with Crippen LogP contribution in [0.3, 0.4) is 0 Å². The third-order valence-electron chi connectivity index (χ3n) is 3.98. The number of rotatable bonds is 4. The summed E-state index contributed by atoms with van der Waals surface area (Å²) in [6.07, 6.45) is -0.925. The Balaban J connectivity index is 1.56. The van der Waals surface area contributed by atoms with E-state index in [1.54, 1.807) is 35.9 Å². The summed E-state index contributed by atoms with van der Waals surface area (Å²) in [6, 6.07) is 7.27. The Labute approximate surface area is 158 Å². The molecule has 2 aromatic heterocycles. The minimum Gasteiger partial charge on any atom is -0.332 e. The van der Waals surface area contributed by atoms with E-state index in [1.807, 2.05) is 0 Å². The molecule has 1 atom stereocenters. The highest BCUT2D eigenvalue weighted by molar-refractivity contribution is 6.30. The number of alkyl halides is 3. The van der Waals surface area contributed by atoms with E-state index >= 15 is 0 Å². The molecular formula is C18H16ClF3N4O. The van der Waals surface area contributed by atoms with Crippen LogP contribution >= 0.6 is 11.6 Å². The Morgan fingerprint density at radius 1 is 1.19 bits per heavy atom. The lowest BCUT2D eigenvalue weighted by molar-refractivity contribution is -0.137. The molecule has 0 fully saturated rings. The van der Waals surface area contributed by atoms with Gasteiger partial charge >= 0.3 is 12.2 Å². The van der Waals surface area contributed by atoms with Crippen LogP contribution < -0.4 is 10.6 Å². The van der Waals surface area contributed by atoms with Crippen molar-refractivity contribution in [2.24, 2.45) is 0 Å². The van der Waals surface area contributed by atoms with Gasteiger partial charge in [-0.25, -0.2) is 9.78 Å². The fourth-order valence-electron chi connectivity index (χ4n) is 2.56. The summed E-state index contributed by atoms with van der Waals surface area (Å²) in [4.78, 5) is 16.4. The van der Waals surface area contributed by atoms with Gasteiger partial charge in [-0.2, -0.15) is 13.2 Å². The molecule has 3 aromatic rings. The third kappa shape index (κ3) is 4.71. The predicted molar refractivity (Wildman–Crippen MR) is 95.4 cm³/mol. The number of hydrogen-bond donors (Lipinski definition) is 2. The molecule has 2 amide bonds. The number of carbonyl (C=O) groups excluding carboxylic acids is 1. The van der Waals surface area contributed by atoms with Gasteiger partial charge in [0.1, 0.15) is 5.65 Å². The van der Waals surface area contributed by atoms with E-state index in [0.29, 0.717) is 21.9 Å². The molecule has 1 aromatic carbocycles. The number of aromatic nitrogens is 2. The lowest BCUT2D eigenvalue weighted by Crippen LogP contribution is -2.36. The highest BCUT2D eigenvalue weighted by atomic mass is 35.5. The number of fused-ring (bicyclic) bond motifs is 1. The van der Waals surface area contributed by atoms with Gasteiger partial charge in [-0.15, -0.1) is 0 Å². The minimum atomic E-state index is -4.38. The summed E-state index contributed by atoms with van der Waals surface area (Å²) in [5.41, 5.74) is 1.19. The number of carbonyl (C=O) groups is 1. The maximum Gasteiger partial charge on any atom is 0.416 e. The zero-order valence-corrected chi connectivity index (χ0v) is 15.0. The molecule has 27 heavy (non-hydrogen) atoms. The van der Waals surface area contributed by atoms with Crippen LogP contribution in [0.25, 0.3) is 5.65 Å². The zero-order chi connectivity index (χ0) is 19.6. The van der Waals surface area contributed by atoms with Crippen LogP contribution in [-0.2, 0) is 12.7 Å². The Hall–Kier alpha value is -2.74. The van der Waals surface area contributed by atoms with Crippen molar-refractivity contribution >= 4 is 23.3 Å². The van der Waals surface area contributed by atoms with Crippen LogP contribution in [0.2, 0.25) is 5.02 Å². The highest BCUT2D eigenvalue weighted by Gasteiger charge is 2.30. The van der Waals surface area contributed by atoms with Gasteiger partial charge < -0.3 is 15.0 Å². The van der Waals surface area contributed by atoms with Crippen molar-refractivity contribution in [1.82, 2.24) is 20.0 Å². The van der Waals surface area contributed by atoms with Crippen molar-refractivity contribution in [1.29, 1.82) is 0 Å². The maximum atomic E-state index is 12.6. The molecule has 0 saturated carbocycles. The minimum absolute atomic E-state index is 0.199. The second-order valence-electron chi connectivity index (χ2n) is 6.01. The van der Waals surface area contributed by atoms with Crippen molar-refractivity contribution < 1.29 is 18.0 Å². The summed E-state index contributed by atoms with van der Waals surface area (Å²) in [6.45, 7) is 1.89. The van der Waals surface area contributed by atoms with Crippen LogP contribution in [0.15, 0.2) is 48.8 Å². The molecular weight excluding hydrogens is 381 g/mol. The van der Waals surface area contributed by atoms with E-state index in [0.717, 1.165) is 12.1 Å². The average Bonchev–Trinajstić information content (AvgIpc) is 3.01. The zero-order valence-electron chi connectivity index (χ0n) is 14.2. The molecule has 5 nitrogen and oxygen atoms in total. The number of nitrogens with zero attached hydrogens (tertiary/aromatic N) is 2. The summed E-state index contributed by atoms with van der Waals surface area (Å²) >= 11 is 5.91. The molecule has 0 radical (unpaired) electrons. The van der Waals surface area contributed by atoms with E-state index in [9.17, 15) is 18.0 Å². The maximum absolute atomic E-state index is 12.6. The number of amides is 2. The van der Waals surface area contributed by atoms with Gasteiger partial charge in [0.05, 0.1) is 28.9 Å². The molecule has 0 aliphatic heterocycles. The largest absolute Gasteiger partial charge is 0.416 e. The van der Waals surface area contributed by atoms with Gasteiger partial charge in [-0.3, -0.25) is 0 Å². The first kappa shape index (κ1) is 19.0. The number of halogens is 4. The second-order valence-corrected chi connectivity index (χ2v) is 6.45. The van der Waals surface area contributed by atoms with Crippen LogP contribution in [-0.4, -0.2) is 15.4 Å². The molecule has 0 saturated heterocycles. The Kier molecular flexibility index (Phi) is 5.27. The third-order valence-corrected chi connectivity index (χ3v) is 4.20. The number of hydrogen-bond acceptors (Lipinski definition) is 2. The summed E-state index contributed by atoms with van der Waals surface area (Å²) in [5.74, 6) is 0. The number of urea groups is 1. The number of pyridine rings is 1. The normalized spacial score (nSPS) is 12.8. The van der Waals surface area contributed by atoms with Gasteiger partial charge in [0.15, 0.2) is 0 Å². The van der Waals surface area contributed by atoms with E-state index < -0.39 is 23.8 Å².